The second-order valence-electron chi connectivity index (χ2n) is 4.12. The van der Waals surface area contributed by atoms with Crippen molar-refractivity contribution in [1.82, 2.24) is 0 Å². The van der Waals surface area contributed by atoms with Gasteiger partial charge >= 0.3 is 0 Å². The minimum Gasteiger partial charge on any atom is -0.467 e. The van der Waals surface area contributed by atoms with E-state index in [1.54, 1.807) is 6.26 Å². The third kappa shape index (κ3) is 3.36. The normalized spacial score (nSPS) is 10.4. The zero-order valence-electron chi connectivity index (χ0n) is 10.6. The van der Waals surface area contributed by atoms with Crippen molar-refractivity contribution in [1.29, 1.82) is 0 Å². The molecular formula is C14H15BrN2OS. The van der Waals surface area contributed by atoms with Gasteiger partial charge in [0, 0.05) is 22.3 Å². The van der Waals surface area contributed by atoms with E-state index in [2.05, 4.69) is 27.8 Å². The largest absolute Gasteiger partial charge is 0.467 e. The van der Waals surface area contributed by atoms with Gasteiger partial charge in [-0.3, -0.25) is 0 Å². The van der Waals surface area contributed by atoms with Gasteiger partial charge in [-0.25, -0.2) is 0 Å². The van der Waals surface area contributed by atoms with E-state index in [-0.39, 0.29) is 0 Å². The van der Waals surface area contributed by atoms with Gasteiger partial charge in [0.1, 0.15) is 10.7 Å². The Morgan fingerprint density at radius 2 is 2.21 bits per heavy atom. The molecule has 0 spiro atoms. The fourth-order valence-electron chi connectivity index (χ4n) is 1.88. The number of furan rings is 1. The molecule has 2 aromatic rings. The Bertz CT molecular complexity index is 569. The van der Waals surface area contributed by atoms with Crippen LogP contribution in [-0.4, -0.2) is 11.5 Å². The number of anilines is 1. The Labute approximate surface area is 126 Å². The molecular weight excluding hydrogens is 324 g/mol. The van der Waals surface area contributed by atoms with E-state index >= 15 is 0 Å². The number of nitrogens with zero attached hydrogens (tertiary/aromatic N) is 1. The molecule has 0 aliphatic rings. The van der Waals surface area contributed by atoms with Crippen LogP contribution in [0.4, 0.5) is 5.69 Å². The monoisotopic (exact) mass is 338 g/mol. The average Bonchev–Trinajstić information content (AvgIpc) is 2.88. The lowest BCUT2D eigenvalue weighted by molar-refractivity contribution is 0.503. The molecule has 0 saturated heterocycles. The van der Waals surface area contributed by atoms with Gasteiger partial charge in [-0.1, -0.05) is 12.2 Å². The number of benzene rings is 1. The average molecular weight is 339 g/mol. The maximum absolute atomic E-state index is 5.66. The fraction of sp³-hybridized carbons (Fsp3) is 0.214. The predicted molar refractivity (Wildman–Crippen MR) is 85.5 cm³/mol. The van der Waals surface area contributed by atoms with Gasteiger partial charge in [0.25, 0.3) is 0 Å². The van der Waals surface area contributed by atoms with Crippen LogP contribution in [-0.2, 0) is 6.54 Å². The second-order valence-corrected chi connectivity index (χ2v) is 5.42. The molecule has 100 valence electrons. The highest BCUT2D eigenvalue weighted by Crippen LogP contribution is 2.25. The van der Waals surface area contributed by atoms with Crippen LogP contribution in [0.15, 0.2) is 45.5 Å². The van der Waals surface area contributed by atoms with Crippen molar-refractivity contribution in [2.75, 3.05) is 11.4 Å². The van der Waals surface area contributed by atoms with E-state index in [0.29, 0.717) is 4.99 Å². The summed E-state index contributed by atoms with van der Waals surface area (Å²) in [5, 5.41) is 0. The summed E-state index contributed by atoms with van der Waals surface area (Å²) in [6, 6.07) is 9.86. The van der Waals surface area contributed by atoms with Gasteiger partial charge in [-0.2, -0.15) is 0 Å². The van der Waals surface area contributed by atoms with E-state index in [9.17, 15) is 0 Å². The first kappa shape index (κ1) is 14.1. The van der Waals surface area contributed by atoms with Crippen molar-refractivity contribution >= 4 is 38.8 Å². The quantitative estimate of drug-likeness (QED) is 0.844. The van der Waals surface area contributed by atoms with E-state index in [1.165, 1.54) is 0 Å². The highest BCUT2D eigenvalue weighted by molar-refractivity contribution is 9.10. The van der Waals surface area contributed by atoms with Crippen LogP contribution < -0.4 is 10.6 Å². The summed E-state index contributed by atoms with van der Waals surface area (Å²) >= 11 is 8.50. The molecule has 0 aliphatic heterocycles. The number of hydrogen-bond acceptors (Lipinski definition) is 3. The number of halogens is 1. The van der Waals surface area contributed by atoms with Crippen molar-refractivity contribution in [3.63, 3.8) is 0 Å². The number of thiocarbonyl (C=S) groups is 1. The molecule has 1 heterocycles. The van der Waals surface area contributed by atoms with Gasteiger partial charge in [0.05, 0.1) is 12.8 Å². The van der Waals surface area contributed by atoms with Gasteiger partial charge in [-0.05, 0) is 53.2 Å². The zero-order valence-corrected chi connectivity index (χ0v) is 13.0. The molecule has 0 aliphatic carbocycles. The lowest BCUT2D eigenvalue weighted by Gasteiger charge is -2.22. The van der Waals surface area contributed by atoms with E-state index in [4.69, 9.17) is 22.4 Å². The lowest BCUT2D eigenvalue weighted by Crippen LogP contribution is -2.22. The van der Waals surface area contributed by atoms with E-state index in [1.807, 2.05) is 30.3 Å². The topological polar surface area (TPSA) is 42.4 Å². The van der Waals surface area contributed by atoms with Gasteiger partial charge in [-0.15, -0.1) is 0 Å². The van der Waals surface area contributed by atoms with Crippen LogP contribution in [0.1, 0.15) is 18.2 Å². The molecule has 0 bridgehead atoms. The molecule has 19 heavy (non-hydrogen) atoms. The van der Waals surface area contributed by atoms with Crippen LogP contribution in [0.25, 0.3) is 0 Å². The number of rotatable bonds is 5. The van der Waals surface area contributed by atoms with Crippen LogP contribution in [0.2, 0.25) is 0 Å². The van der Waals surface area contributed by atoms with Crippen LogP contribution in [0.5, 0.6) is 0 Å². The predicted octanol–water partition coefficient (Wildman–Crippen LogP) is 3.70. The SMILES string of the molecule is CCN(Cc1ccco1)c1ccc(C(N)=S)c(Br)c1. The van der Waals surface area contributed by atoms with Gasteiger partial charge < -0.3 is 15.1 Å². The molecule has 0 fully saturated rings. The number of hydrogen-bond donors (Lipinski definition) is 1. The summed E-state index contributed by atoms with van der Waals surface area (Å²) in [7, 11) is 0. The van der Waals surface area contributed by atoms with E-state index < -0.39 is 0 Å². The summed E-state index contributed by atoms with van der Waals surface area (Å²) < 4.78 is 6.30. The maximum Gasteiger partial charge on any atom is 0.123 e. The minimum absolute atomic E-state index is 0.396. The van der Waals surface area contributed by atoms with Gasteiger partial charge in [0.2, 0.25) is 0 Å². The summed E-state index contributed by atoms with van der Waals surface area (Å²) in [4.78, 5) is 2.61. The van der Waals surface area contributed by atoms with E-state index in [0.717, 1.165) is 34.6 Å². The third-order valence-electron chi connectivity index (χ3n) is 2.89. The van der Waals surface area contributed by atoms with Crippen molar-refractivity contribution < 1.29 is 4.42 Å². The molecule has 1 aromatic carbocycles. The molecule has 5 heteroatoms. The fourth-order valence-corrected chi connectivity index (χ4v) is 2.77. The van der Waals surface area contributed by atoms with Crippen molar-refractivity contribution in [3.8, 4) is 0 Å². The van der Waals surface area contributed by atoms with Crippen molar-refractivity contribution in [3.05, 3.63) is 52.4 Å². The Morgan fingerprint density at radius 1 is 1.42 bits per heavy atom. The summed E-state index contributed by atoms with van der Waals surface area (Å²) in [6.45, 7) is 3.74. The second kappa shape index (κ2) is 6.21. The summed E-state index contributed by atoms with van der Waals surface area (Å²) in [6.07, 6.45) is 1.69. The Kier molecular flexibility index (Phi) is 4.61. The first-order valence-corrected chi connectivity index (χ1v) is 7.18. The zero-order chi connectivity index (χ0) is 13.8. The van der Waals surface area contributed by atoms with Gasteiger partial charge in [0.15, 0.2) is 0 Å². The molecule has 0 unspecified atom stereocenters. The lowest BCUT2D eigenvalue weighted by atomic mass is 10.2. The Morgan fingerprint density at radius 3 is 2.74 bits per heavy atom. The first-order chi connectivity index (χ1) is 9.11. The van der Waals surface area contributed by atoms with Crippen LogP contribution >= 0.6 is 28.1 Å². The molecule has 3 nitrogen and oxygen atoms in total. The molecule has 0 radical (unpaired) electrons. The highest BCUT2D eigenvalue weighted by atomic mass is 79.9. The minimum atomic E-state index is 0.396. The third-order valence-corrected chi connectivity index (χ3v) is 3.77. The number of nitrogens with two attached hydrogens (primary N) is 1. The standard InChI is InChI=1S/C14H15BrN2OS/c1-2-17(9-11-4-3-7-18-11)10-5-6-12(14(16)19)13(15)8-10/h3-8H,2,9H2,1H3,(H2,16,19). The highest BCUT2D eigenvalue weighted by Gasteiger charge is 2.10. The van der Waals surface area contributed by atoms with Crippen LogP contribution in [0, 0.1) is 0 Å². The molecule has 0 atom stereocenters. The Balaban J connectivity index is 2.23. The molecule has 0 saturated carbocycles. The molecule has 2 N–H and O–H groups in total. The molecule has 0 amide bonds. The maximum atomic E-state index is 5.66. The first-order valence-electron chi connectivity index (χ1n) is 5.98. The summed E-state index contributed by atoms with van der Waals surface area (Å²) in [5.74, 6) is 0.941. The summed E-state index contributed by atoms with van der Waals surface area (Å²) in [5.41, 5.74) is 7.61. The Hall–Kier alpha value is -1.33. The molecule has 1 aromatic heterocycles. The van der Waals surface area contributed by atoms with Crippen molar-refractivity contribution in [2.45, 2.75) is 13.5 Å². The van der Waals surface area contributed by atoms with Crippen molar-refractivity contribution in [2.24, 2.45) is 5.73 Å². The van der Waals surface area contributed by atoms with Crippen LogP contribution in [0.3, 0.4) is 0 Å². The molecule has 2 rings (SSSR count). The smallest absolute Gasteiger partial charge is 0.123 e.